The first-order valence-electron chi connectivity index (χ1n) is 7.86. The quantitative estimate of drug-likeness (QED) is 0.765. The molecular formula is C18H17N3O2S. The zero-order valence-corrected chi connectivity index (χ0v) is 13.8. The molecule has 0 aliphatic heterocycles. The van der Waals surface area contributed by atoms with Crippen molar-refractivity contribution in [2.45, 2.75) is 24.2 Å². The maximum absolute atomic E-state index is 12.7. The van der Waals surface area contributed by atoms with Crippen molar-refractivity contribution in [1.29, 1.82) is 0 Å². The molecule has 1 aliphatic carbocycles. The van der Waals surface area contributed by atoms with Gasteiger partial charge in [0.15, 0.2) is 0 Å². The molecule has 0 fully saturated rings. The van der Waals surface area contributed by atoms with Gasteiger partial charge >= 0.3 is 0 Å². The average molecular weight is 339 g/mol. The Morgan fingerprint density at radius 3 is 2.71 bits per heavy atom. The summed E-state index contributed by atoms with van der Waals surface area (Å²) in [6.45, 7) is 0. The number of hydrogen-bond acceptors (Lipinski definition) is 3. The Hall–Kier alpha value is -2.60. The third kappa shape index (κ3) is 2.80. The van der Waals surface area contributed by atoms with Gasteiger partial charge in [0.2, 0.25) is 0 Å². The van der Waals surface area contributed by atoms with Crippen LogP contribution in [0.25, 0.3) is 11.3 Å². The fraction of sp³-hybridized carbons (Fsp3) is 0.167. The van der Waals surface area contributed by atoms with Crippen LogP contribution in [0, 0.1) is 0 Å². The minimum atomic E-state index is -3.60. The van der Waals surface area contributed by atoms with Crippen molar-refractivity contribution in [1.82, 2.24) is 10.2 Å². The van der Waals surface area contributed by atoms with E-state index < -0.39 is 10.0 Å². The van der Waals surface area contributed by atoms with E-state index in [1.54, 1.807) is 30.5 Å². The van der Waals surface area contributed by atoms with E-state index in [2.05, 4.69) is 14.9 Å². The lowest BCUT2D eigenvalue weighted by molar-refractivity contribution is 0.601. The predicted octanol–water partition coefficient (Wildman–Crippen LogP) is 3.37. The van der Waals surface area contributed by atoms with Gasteiger partial charge in [-0.3, -0.25) is 9.82 Å². The molecule has 0 atom stereocenters. The SMILES string of the molecule is O=S(=O)(Nc1cccc(-c2ccn[nH]2)c1)c1ccc2c(c1)CCC2. The standard InChI is InChI=1S/C18H17N3O2S/c22-24(23,17-8-7-13-3-1-4-14(13)12-17)21-16-6-2-5-15(11-16)18-9-10-19-20-18/h2,5-12,21H,1,3-4H2,(H,19,20). The number of nitrogens with one attached hydrogen (secondary N) is 2. The highest BCUT2D eigenvalue weighted by Gasteiger charge is 2.18. The summed E-state index contributed by atoms with van der Waals surface area (Å²) < 4.78 is 28.0. The number of sulfonamides is 1. The van der Waals surface area contributed by atoms with E-state index in [1.807, 2.05) is 24.3 Å². The topological polar surface area (TPSA) is 74.8 Å². The molecule has 0 amide bonds. The van der Waals surface area contributed by atoms with Crippen LogP contribution in [0.1, 0.15) is 17.5 Å². The van der Waals surface area contributed by atoms with Crippen LogP contribution < -0.4 is 4.72 Å². The fourth-order valence-electron chi connectivity index (χ4n) is 3.10. The van der Waals surface area contributed by atoms with Gasteiger partial charge in [-0.2, -0.15) is 5.10 Å². The molecule has 0 bridgehead atoms. The number of aromatic amines is 1. The summed E-state index contributed by atoms with van der Waals surface area (Å²) in [4.78, 5) is 0.315. The van der Waals surface area contributed by atoms with Crippen LogP contribution in [0.3, 0.4) is 0 Å². The first-order chi connectivity index (χ1) is 11.6. The molecule has 2 aromatic carbocycles. The van der Waals surface area contributed by atoms with Crippen molar-refractivity contribution >= 4 is 15.7 Å². The van der Waals surface area contributed by atoms with Crippen molar-refractivity contribution < 1.29 is 8.42 Å². The second-order valence-electron chi connectivity index (χ2n) is 5.94. The van der Waals surface area contributed by atoms with E-state index in [0.717, 1.165) is 36.1 Å². The lowest BCUT2D eigenvalue weighted by atomic mass is 10.1. The first-order valence-corrected chi connectivity index (χ1v) is 9.35. The van der Waals surface area contributed by atoms with Crippen molar-refractivity contribution in [3.63, 3.8) is 0 Å². The van der Waals surface area contributed by atoms with Crippen molar-refractivity contribution in [3.05, 3.63) is 65.9 Å². The molecule has 0 spiro atoms. The van der Waals surface area contributed by atoms with Crippen LogP contribution in [-0.2, 0) is 22.9 Å². The Morgan fingerprint density at radius 2 is 1.88 bits per heavy atom. The minimum absolute atomic E-state index is 0.315. The third-order valence-electron chi connectivity index (χ3n) is 4.31. The molecule has 24 heavy (non-hydrogen) atoms. The molecule has 0 radical (unpaired) electrons. The second-order valence-corrected chi connectivity index (χ2v) is 7.62. The van der Waals surface area contributed by atoms with Gasteiger partial charge in [-0.05, 0) is 60.7 Å². The van der Waals surface area contributed by atoms with Gasteiger partial charge in [-0.1, -0.05) is 18.2 Å². The molecule has 3 aromatic rings. The Kier molecular flexibility index (Phi) is 3.61. The van der Waals surface area contributed by atoms with E-state index in [1.165, 1.54) is 5.56 Å². The molecular weight excluding hydrogens is 322 g/mol. The summed E-state index contributed by atoms with van der Waals surface area (Å²) in [5, 5.41) is 6.80. The number of rotatable bonds is 4. The van der Waals surface area contributed by atoms with E-state index in [-0.39, 0.29) is 0 Å². The highest BCUT2D eigenvalue weighted by molar-refractivity contribution is 7.92. The van der Waals surface area contributed by atoms with Gasteiger partial charge < -0.3 is 0 Å². The molecule has 1 aliphatic rings. The number of aromatic nitrogens is 2. The van der Waals surface area contributed by atoms with Gasteiger partial charge in [0.25, 0.3) is 10.0 Å². The van der Waals surface area contributed by atoms with Crippen LogP contribution in [-0.4, -0.2) is 18.6 Å². The largest absolute Gasteiger partial charge is 0.280 e. The Labute approximate surface area is 140 Å². The summed E-state index contributed by atoms with van der Waals surface area (Å²) in [5.74, 6) is 0. The molecule has 122 valence electrons. The number of H-pyrrole nitrogens is 1. The predicted molar refractivity (Wildman–Crippen MR) is 93.3 cm³/mol. The summed E-state index contributed by atoms with van der Waals surface area (Å²) in [5.41, 5.74) is 4.65. The van der Waals surface area contributed by atoms with Crippen LogP contribution in [0.2, 0.25) is 0 Å². The van der Waals surface area contributed by atoms with E-state index in [0.29, 0.717) is 10.6 Å². The summed E-state index contributed by atoms with van der Waals surface area (Å²) in [6, 6.07) is 14.5. The first kappa shape index (κ1) is 15.0. The zero-order chi connectivity index (χ0) is 16.6. The Balaban J connectivity index is 1.63. The van der Waals surface area contributed by atoms with Gasteiger partial charge in [0, 0.05) is 17.4 Å². The Morgan fingerprint density at radius 1 is 1.00 bits per heavy atom. The second kappa shape index (κ2) is 5.79. The maximum atomic E-state index is 12.7. The van der Waals surface area contributed by atoms with Crippen LogP contribution >= 0.6 is 0 Å². The average Bonchev–Trinajstić information content (AvgIpc) is 3.25. The lowest BCUT2D eigenvalue weighted by Crippen LogP contribution is -2.13. The number of hydrogen-bond donors (Lipinski definition) is 2. The molecule has 4 rings (SSSR count). The number of fused-ring (bicyclic) bond motifs is 1. The van der Waals surface area contributed by atoms with Crippen molar-refractivity contribution in [2.24, 2.45) is 0 Å². The smallest absolute Gasteiger partial charge is 0.261 e. The minimum Gasteiger partial charge on any atom is -0.280 e. The fourth-order valence-corrected chi connectivity index (χ4v) is 4.20. The summed E-state index contributed by atoms with van der Waals surface area (Å²) >= 11 is 0. The number of nitrogens with zero attached hydrogens (tertiary/aromatic N) is 1. The zero-order valence-electron chi connectivity index (χ0n) is 13.0. The highest BCUT2D eigenvalue weighted by Crippen LogP contribution is 2.27. The molecule has 6 heteroatoms. The number of aryl methyl sites for hydroxylation is 2. The summed E-state index contributed by atoms with van der Waals surface area (Å²) in [6.07, 6.45) is 4.75. The molecule has 5 nitrogen and oxygen atoms in total. The van der Waals surface area contributed by atoms with Gasteiger partial charge in [0.1, 0.15) is 0 Å². The maximum Gasteiger partial charge on any atom is 0.261 e. The molecule has 1 aromatic heterocycles. The number of benzene rings is 2. The number of anilines is 1. The van der Waals surface area contributed by atoms with Crippen LogP contribution in [0.15, 0.2) is 59.6 Å². The van der Waals surface area contributed by atoms with E-state index >= 15 is 0 Å². The van der Waals surface area contributed by atoms with Crippen LogP contribution in [0.4, 0.5) is 5.69 Å². The van der Waals surface area contributed by atoms with Crippen LogP contribution in [0.5, 0.6) is 0 Å². The van der Waals surface area contributed by atoms with E-state index in [9.17, 15) is 8.42 Å². The molecule has 2 N–H and O–H groups in total. The normalized spacial score (nSPS) is 13.7. The molecule has 0 saturated heterocycles. The van der Waals surface area contributed by atoms with Gasteiger partial charge in [-0.25, -0.2) is 8.42 Å². The molecule has 1 heterocycles. The monoisotopic (exact) mass is 339 g/mol. The van der Waals surface area contributed by atoms with Gasteiger partial charge in [0.05, 0.1) is 10.6 Å². The highest BCUT2D eigenvalue weighted by atomic mass is 32.2. The van der Waals surface area contributed by atoms with Gasteiger partial charge in [-0.15, -0.1) is 0 Å². The molecule has 0 unspecified atom stereocenters. The van der Waals surface area contributed by atoms with Crippen molar-refractivity contribution in [2.75, 3.05) is 4.72 Å². The summed E-state index contributed by atoms with van der Waals surface area (Å²) in [7, 11) is -3.60. The van der Waals surface area contributed by atoms with Crippen molar-refractivity contribution in [3.8, 4) is 11.3 Å². The lowest BCUT2D eigenvalue weighted by Gasteiger charge is -2.10. The Bertz CT molecular complexity index is 979. The molecule has 0 saturated carbocycles. The van der Waals surface area contributed by atoms with E-state index in [4.69, 9.17) is 0 Å². The third-order valence-corrected chi connectivity index (χ3v) is 5.69.